The van der Waals surface area contributed by atoms with Crippen molar-refractivity contribution in [1.82, 2.24) is 15.5 Å². The fraction of sp³-hybridized carbons (Fsp3) is 0.667. The van der Waals surface area contributed by atoms with Crippen LogP contribution in [0.15, 0.2) is 30.3 Å². The average molecular weight is 486 g/mol. The summed E-state index contributed by atoms with van der Waals surface area (Å²) < 4.78 is 6.69. The first-order valence-corrected chi connectivity index (χ1v) is 12.9. The van der Waals surface area contributed by atoms with E-state index in [9.17, 15) is 14.4 Å². The third-order valence-corrected chi connectivity index (χ3v) is 8.14. The highest BCUT2D eigenvalue weighted by molar-refractivity contribution is 5.99. The number of ether oxygens (including phenoxy) is 1. The Morgan fingerprint density at radius 1 is 1.17 bits per heavy atom. The molecule has 8 nitrogen and oxygen atoms in total. The first-order chi connectivity index (χ1) is 16.7. The number of hydrogen-bond donors (Lipinski definition) is 3. The van der Waals surface area contributed by atoms with Gasteiger partial charge in [0.2, 0.25) is 17.7 Å². The monoisotopic (exact) mass is 485 g/mol. The van der Waals surface area contributed by atoms with E-state index in [0.717, 1.165) is 12.0 Å². The van der Waals surface area contributed by atoms with Crippen LogP contribution in [-0.4, -0.2) is 64.2 Å². The fourth-order valence-electron chi connectivity index (χ4n) is 6.51. The van der Waals surface area contributed by atoms with E-state index < -0.39 is 29.1 Å². The van der Waals surface area contributed by atoms with E-state index in [1.807, 2.05) is 58.0 Å². The molecule has 3 amide bonds. The second kappa shape index (κ2) is 9.90. The zero-order chi connectivity index (χ0) is 25.4. The minimum atomic E-state index is -1.02. The average Bonchev–Trinajstić information content (AvgIpc) is 3.32. The number of carbonyl (C=O) groups excluding carboxylic acids is 3. The Labute approximate surface area is 207 Å². The number of nitrogens with zero attached hydrogens (tertiary/aromatic N) is 1. The number of fused-ring (bicyclic) bond motifs is 1. The summed E-state index contributed by atoms with van der Waals surface area (Å²) in [5, 5.41) is 15.2. The lowest BCUT2D eigenvalue weighted by Gasteiger charge is -2.36. The molecule has 3 aliphatic rings. The van der Waals surface area contributed by atoms with Crippen molar-refractivity contribution in [2.24, 2.45) is 17.8 Å². The Morgan fingerprint density at radius 3 is 2.54 bits per heavy atom. The van der Waals surface area contributed by atoms with E-state index in [0.29, 0.717) is 32.4 Å². The second-order valence-electron chi connectivity index (χ2n) is 10.9. The number of aliphatic hydroxyl groups excluding tert-OH is 1. The molecule has 192 valence electrons. The molecule has 1 aromatic rings. The van der Waals surface area contributed by atoms with Crippen LogP contribution >= 0.6 is 0 Å². The van der Waals surface area contributed by atoms with E-state index in [2.05, 4.69) is 10.6 Å². The highest BCUT2D eigenvalue weighted by Crippen LogP contribution is 2.65. The molecule has 0 aliphatic carbocycles. The van der Waals surface area contributed by atoms with Crippen molar-refractivity contribution in [2.45, 2.75) is 83.2 Å². The molecular formula is C27H39N3O5. The Bertz CT molecular complexity index is 953. The lowest BCUT2D eigenvalue weighted by Crippen LogP contribution is -2.56. The maximum absolute atomic E-state index is 13.9. The molecule has 0 saturated carbocycles. The summed E-state index contributed by atoms with van der Waals surface area (Å²) in [6, 6.07) is 8.82. The molecule has 3 saturated heterocycles. The lowest BCUT2D eigenvalue weighted by atomic mass is 9.62. The van der Waals surface area contributed by atoms with Gasteiger partial charge in [-0.15, -0.1) is 0 Å². The zero-order valence-electron chi connectivity index (χ0n) is 21.3. The summed E-state index contributed by atoms with van der Waals surface area (Å²) in [6.45, 7) is 8.64. The number of likely N-dealkylation sites (tertiary alicyclic amines) is 1. The summed E-state index contributed by atoms with van der Waals surface area (Å²) in [5.41, 5.74) is -0.855. The molecule has 0 radical (unpaired) electrons. The number of carbonyl (C=O) groups is 3. The minimum absolute atomic E-state index is 0.0164. The molecule has 3 aliphatic heterocycles. The van der Waals surface area contributed by atoms with E-state index in [1.165, 1.54) is 0 Å². The van der Waals surface area contributed by atoms with Crippen LogP contribution < -0.4 is 10.6 Å². The largest absolute Gasteiger partial charge is 0.396 e. The number of unbranched alkanes of at least 4 members (excludes halogenated alkanes) is 2. The quantitative estimate of drug-likeness (QED) is 0.440. The Hall–Kier alpha value is -2.45. The number of benzene rings is 1. The number of rotatable bonds is 10. The van der Waals surface area contributed by atoms with Crippen LogP contribution in [0.25, 0.3) is 0 Å². The molecule has 35 heavy (non-hydrogen) atoms. The van der Waals surface area contributed by atoms with E-state index in [4.69, 9.17) is 9.84 Å². The topological polar surface area (TPSA) is 108 Å². The van der Waals surface area contributed by atoms with Crippen LogP contribution in [0.5, 0.6) is 0 Å². The van der Waals surface area contributed by atoms with Crippen LogP contribution in [0.3, 0.4) is 0 Å². The van der Waals surface area contributed by atoms with Crippen molar-refractivity contribution in [3.8, 4) is 0 Å². The standard InChI is InChI=1S/C27H39N3O5/c1-17(2)29-24(33)22-27-15-18(3)26(4,35-27)20(23(32)28-16-19-11-7-5-8-12-19)21(27)25(34)30(22)13-9-6-10-14-31/h5,7-8,11-12,17-18,20-22,31H,6,9-10,13-16H2,1-4H3,(H,28,32)(H,29,33)/t18?,20-,21-,22?,26+,27?/m0/s1. The van der Waals surface area contributed by atoms with E-state index >= 15 is 0 Å². The number of amides is 3. The Kier molecular flexibility index (Phi) is 7.25. The first-order valence-electron chi connectivity index (χ1n) is 12.9. The maximum atomic E-state index is 13.9. The van der Waals surface area contributed by atoms with Gasteiger partial charge >= 0.3 is 0 Å². The van der Waals surface area contributed by atoms with Crippen LogP contribution in [0, 0.1) is 17.8 Å². The molecule has 1 spiro atoms. The van der Waals surface area contributed by atoms with Gasteiger partial charge in [0, 0.05) is 25.7 Å². The highest BCUT2D eigenvalue weighted by Gasteiger charge is 2.79. The van der Waals surface area contributed by atoms with Gasteiger partial charge in [0.1, 0.15) is 11.6 Å². The van der Waals surface area contributed by atoms with Crippen molar-refractivity contribution in [3.05, 3.63) is 35.9 Å². The maximum Gasteiger partial charge on any atom is 0.246 e. The van der Waals surface area contributed by atoms with Crippen molar-refractivity contribution in [3.63, 3.8) is 0 Å². The zero-order valence-corrected chi connectivity index (χ0v) is 21.3. The molecule has 6 atom stereocenters. The Morgan fingerprint density at radius 2 is 1.89 bits per heavy atom. The molecule has 3 N–H and O–H groups in total. The third-order valence-electron chi connectivity index (χ3n) is 8.14. The number of hydrogen-bond acceptors (Lipinski definition) is 5. The SMILES string of the molecule is CC(C)NC(=O)C1N(CCCCCO)C(=O)[C@@H]2[C@@H](C(=O)NCc3ccccc3)[C@]3(C)OC12CC3C. The van der Waals surface area contributed by atoms with E-state index in [1.54, 1.807) is 4.90 Å². The van der Waals surface area contributed by atoms with Gasteiger partial charge in [-0.25, -0.2) is 0 Å². The molecule has 3 unspecified atom stereocenters. The van der Waals surface area contributed by atoms with Gasteiger partial charge in [-0.2, -0.15) is 0 Å². The van der Waals surface area contributed by atoms with E-state index in [-0.39, 0.29) is 36.3 Å². The summed E-state index contributed by atoms with van der Waals surface area (Å²) in [4.78, 5) is 42.7. The molecule has 8 heteroatoms. The lowest BCUT2D eigenvalue weighted by molar-refractivity contribution is -0.147. The van der Waals surface area contributed by atoms with Crippen molar-refractivity contribution < 1.29 is 24.2 Å². The van der Waals surface area contributed by atoms with Gasteiger partial charge in [0.25, 0.3) is 0 Å². The molecular weight excluding hydrogens is 446 g/mol. The smallest absolute Gasteiger partial charge is 0.246 e. The predicted molar refractivity (Wildman–Crippen MR) is 131 cm³/mol. The molecule has 3 fully saturated rings. The van der Waals surface area contributed by atoms with Crippen LogP contribution in [0.4, 0.5) is 0 Å². The van der Waals surface area contributed by atoms with Crippen LogP contribution in [0.1, 0.15) is 58.9 Å². The minimum Gasteiger partial charge on any atom is -0.396 e. The summed E-state index contributed by atoms with van der Waals surface area (Å²) in [5.74, 6) is -1.94. The van der Waals surface area contributed by atoms with Gasteiger partial charge in [0.15, 0.2) is 0 Å². The summed E-state index contributed by atoms with van der Waals surface area (Å²) in [7, 11) is 0. The van der Waals surface area contributed by atoms with Gasteiger partial charge in [0.05, 0.1) is 17.4 Å². The van der Waals surface area contributed by atoms with Gasteiger partial charge in [-0.3, -0.25) is 14.4 Å². The van der Waals surface area contributed by atoms with Crippen molar-refractivity contribution in [2.75, 3.05) is 13.2 Å². The molecule has 3 heterocycles. The number of nitrogens with one attached hydrogen (secondary N) is 2. The Balaban J connectivity index is 1.64. The predicted octanol–water partition coefficient (Wildman–Crippen LogP) is 2.00. The third kappa shape index (κ3) is 4.35. The first kappa shape index (κ1) is 25.6. The summed E-state index contributed by atoms with van der Waals surface area (Å²) in [6.07, 6.45) is 2.64. The van der Waals surface area contributed by atoms with Crippen molar-refractivity contribution >= 4 is 17.7 Å². The van der Waals surface area contributed by atoms with Gasteiger partial charge in [-0.1, -0.05) is 37.3 Å². The van der Waals surface area contributed by atoms with Gasteiger partial charge in [-0.05, 0) is 57.9 Å². The second-order valence-corrected chi connectivity index (χ2v) is 10.9. The van der Waals surface area contributed by atoms with Gasteiger partial charge < -0.3 is 25.4 Å². The number of aliphatic hydroxyl groups is 1. The van der Waals surface area contributed by atoms with Crippen molar-refractivity contribution in [1.29, 1.82) is 0 Å². The normalized spacial score (nSPS) is 33.3. The van der Waals surface area contributed by atoms with Crippen LogP contribution in [-0.2, 0) is 25.7 Å². The molecule has 1 aromatic carbocycles. The highest BCUT2D eigenvalue weighted by atomic mass is 16.5. The molecule has 2 bridgehead atoms. The molecule has 0 aromatic heterocycles. The molecule has 4 rings (SSSR count). The fourth-order valence-corrected chi connectivity index (χ4v) is 6.51. The van der Waals surface area contributed by atoms with Crippen LogP contribution in [0.2, 0.25) is 0 Å². The summed E-state index contributed by atoms with van der Waals surface area (Å²) >= 11 is 0.